The van der Waals surface area contributed by atoms with E-state index >= 15 is 0 Å². The second kappa shape index (κ2) is 7.78. The van der Waals surface area contributed by atoms with Crippen LogP contribution in [0.15, 0.2) is 30.3 Å². The molecule has 0 saturated carbocycles. The lowest BCUT2D eigenvalue weighted by Crippen LogP contribution is -2.49. The van der Waals surface area contributed by atoms with Crippen LogP contribution in [0, 0.1) is 0 Å². The van der Waals surface area contributed by atoms with Gasteiger partial charge in [0.25, 0.3) is 0 Å². The number of hydrogen-bond acceptors (Lipinski definition) is 3. The molecule has 0 saturated heterocycles. The number of rotatable bonds is 6. The third kappa shape index (κ3) is 5.38. The van der Waals surface area contributed by atoms with Gasteiger partial charge in [-0.05, 0) is 5.56 Å². The Bertz CT molecular complexity index is 476. The maximum atomic E-state index is 11.5. The van der Waals surface area contributed by atoms with Crippen LogP contribution in [0.4, 0.5) is 4.79 Å². The van der Waals surface area contributed by atoms with Crippen molar-refractivity contribution in [2.75, 3.05) is 13.6 Å². The number of hydrogen-bond donors (Lipinski definition) is 4. The Morgan fingerprint density at radius 2 is 1.85 bits per heavy atom. The molecular weight excluding hydrogens is 262 g/mol. The average Bonchev–Trinajstić information content (AvgIpc) is 2.45. The zero-order valence-electron chi connectivity index (χ0n) is 11.1. The van der Waals surface area contributed by atoms with Crippen LogP contribution in [0.1, 0.15) is 5.56 Å². The summed E-state index contributed by atoms with van der Waals surface area (Å²) in [5.74, 6) is -1.50. The summed E-state index contributed by atoms with van der Waals surface area (Å²) >= 11 is 0. The third-order valence-electron chi connectivity index (χ3n) is 2.57. The summed E-state index contributed by atoms with van der Waals surface area (Å²) in [5, 5.41) is 16.0. The van der Waals surface area contributed by atoms with Gasteiger partial charge in [-0.3, -0.25) is 4.79 Å². The van der Waals surface area contributed by atoms with Gasteiger partial charge in [0, 0.05) is 13.5 Å². The molecule has 0 aliphatic rings. The van der Waals surface area contributed by atoms with Gasteiger partial charge in [-0.1, -0.05) is 30.3 Å². The first-order valence-corrected chi connectivity index (χ1v) is 6.04. The molecule has 1 aromatic carbocycles. The molecule has 0 fully saturated rings. The lowest BCUT2D eigenvalue weighted by Gasteiger charge is -2.15. The molecular formula is C13H17N3O4. The lowest BCUT2D eigenvalue weighted by molar-refractivity contribution is -0.139. The third-order valence-corrected chi connectivity index (χ3v) is 2.57. The molecule has 1 atom stereocenters. The van der Waals surface area contributed by atoms with Crippen molar-refractivity contribution in [1.82, 2.24) is 16.0 Å². The number of carbonyl (C=O) groups excluding carboxylic acids is 2. The molecule has 7 heteroatoms. The van der Waals surface area contributed by atoms with Crippen LogP contribution in [0.25, 0.3) is 0 Å². The number of aliphatic carboxylic acids is 1. The zero-order valence-corrected chi connectivity index (χ0v) is 11.1. The molecule has 0 aliphatic heterocycles. The summed E-state index contributed by atoms with van der Waals surface area (Å²) in [4.78, 5) is 33.6. The summed E-state index contributed by atoms with van der Waals surface area (Å²) in [5.41, 5.74) is 0.798. The van der Waals surface area contributed by atoms with Gasteiger partial charge in [0.15, 0.2) is 0 Å². The van der Waals surface area contributed by atoms with Crippen molar-refractivity contribution >= 4 is 17.9 Å². The van der Waals surface area contributed by atoms with Gasteiger partial charge in [0.05, 0.1) is 6.54 Å². The van der Waals surface area contributed by atoms with Crippen molar-refractivity contribution in [3.05, 3.63) is 35.9 Å². The molecule has 4 N–H and O–H groups in total. The molecule has 0 radical (unpaired) electrons. The molecule has 1 aromatic rings. The summed E-state index contributed by atoms with van der Waals surface area (Å²) in [7, 11) is 1.44. The number of nitrogens with one attached hydrogen (secondary N) is 3. The van der Waals surface area contributed by atoms with Crippen LogP contribution >= 0.6 is 0 Å². The molecule has 7 nitrogen and oxygen atoms in total. The number of carbonyl (C=O) groups is 3. The highest BCUT2D eigenvalue weighted by atomic mass is 16.4. The number of carboxylic acids is 1. The van der Waals surface area contributed by atoms with E-state index in [1.165, 1.54) is 7.05 Å². The van der Waals surface area contributed by atoms with Gasteiger partial charge in [-0.25, -0.2) is 9.59 Å². The van der Waals surface area contributed by atoms with Crippen LogP contribution in [0.3, 0.4) is 0 Å². The Kier molecular flexibility index (Phi) is 6.02. The van der Waals surface area contributed by atoms with E-state index in [2.05, 4.69) is 16.0 Å². The largest absolute Gasteiger partial charge is 0.480 e. The molecule has 0 aliphatic carbocycles. The fraction of sp³-hybridized carbons (Fsp3) is 0.308. The molecule has 20 heavy (non-hydrogen) atoms. The second-order valence-electron chi connectivity index (χ2n) is 4.08. The van der Waals surface area contributed by atoms with Crippen molar-refractivity contribution < 1.29 is 19.5 Å². The van der Waals surface area contributed by atoms with Crippen LogP contribution in [-0.4, -0.2) is 42.6 Å². The van der Waals surface area contributed by atoms with Crippen LogP contribution in [-0.2, 0) is 16.0 Å². The Balaban J connectivity index is 2.53. The first kappa shape index (κ1) is 15.5. The highest BCUT2D eigenvalue weighted by Gasteiger charge is 2.20. The van der Waals surface area contributed by atoms with E-state index in [9.17, 15) is 14.4 Å². The van der Waals surface area contributed by atoms with Gasteiger partial charge >= 0.3 is 12.0 Å². The highest BCUT2D eigenvalue weighted by molar-refractivity contribution is 5.86. The minimum Gasteiger partial charge on any atom is -0.480 e. The zero-order chi connectivity index (χ0) is 15.0. The Morgan fingerprint density at radius 1 is 1.20 bits per heavy atom. The van der Waals surface area contributed by atoms with E-state index in [1.807, 2.05) is 6.07 Å². The monoisotopic (exact) mass is 279 g/mol. The van der Waals surface area contributed by atoms with Crippen LogP contribution in [0.2, 0.25) is 0 Å². The molecule has 108 valence electrons. The second-order valence-corrected chi connectivity index (χ2v) is 4.08. The van der Waals surface area contributed by atoms with Crippen molar-refractivity contribution in [1.29, 1.82) is 0 Å². The number of likely N-dealkylation sites (N-methyl/N-ethyl adjacent to an activating group) is 1. The quantitative estimate of drug-likeness (QED) is 0.574. The van der Waals surface area contributed by atoms with Crippen LogP contribution < -0.4 is 16.0 Å². The Labute approximate surface area is 116 Å². The molecule has 0 aromatic heterocycles. The van der Waals surface area contributed by atoms with Gasteiger partial charge in [-0.2, -0.15) is 0 Å². The lowest BCUT2D eigenvalue weighted by atomic mass is 10.1. The molecule has 0 spiro atoms. The van der Waals surface area contributed by atoms with Crippen molar-refractivity contribution in [2.24, 2.45) is 0 Å². The van der Waals surface area contributed by atoms with Gasteiger partial charge in [-0.15, -0.1) is 0 Å². The van der Waals surface area contributed by atoms with E-state index in [1.54, 1.807) is 24.3 Å². The topological polar surface area (TPSA) is 108 Å². The summed E-state index contributed by atoms with van der Waals surface area (Å²) < 4.78 is 0. The van der Waals surface area contributed by atoms with E-state index in [4.69, 9.17) is 5.11 Å². The maximum absolute atomic E-state index is 11.5. The predicted octanol–water partition coefficient (Wildman–Crippen LogP) is -0.272. The number of carboxylic acid groups (broad SMARTS) is 1. The standard InChI is InChI=1S/C13H17N3O4/c1-14-11(17)8-15-13(20)16-10(12(18)19)7-9-5-3-2-4-6-9/h2-6,10H,7-8H2,1H3,(H,14,17)(H,18,19)(H2,15,16,20)/t10-/m0/s1. The molecule has 0 bridgehead atoms. The number of benzene rings is 1. The maximum Gasteiger partial charge on any atom is 0.326 e. The van der Waals surface area contributed by atoms with Gasteiger partial charge < -0.3 is 21.1 Å². The fourth-order valence-corrected chi connectivity index (χ4v) is 1.51. The van der Waals surface area contributed by atoms with Crippen molar-refractivity contribution in [3.8, 4) is 0 Å². The van der Waals surface area contributed by atoms with Crippen LogP contribution in [0.5, 0.6) is 0 Å². The number of urea groups is 1. The van der Waals surface area contributed by atoms with E-state index in [-0.39, 0.29) is 18.9 Å². The smallest absolute Gasteiger partial charge is 0.326 e. The first-order chi connectivity index (χ1) is 9.52. The van der Waals surface area contributed by atoms with Gasteiger partial charge in [0.2, 0.25) is 5.91 Å². The summed E-state index contributed by atoms with van der Waals surface area (Å²) in [6, 6.07) is 7.21. The first-order valence-electron chi connectivity index (χ1n) is 6.04. The molecule has 0 heterocycles. The Morgan fingerprint density at radius 3 is 2.40 bits per heavy atom. The molecule has 0 unspecified atom stereocenters. The fourth-order valence-electron chi connectivity index (χ4n) is 1.51. The minimum absolute atomic E-state index is 0.170. The minimum atomic E-state index is -1.14. The van der Waals surface area contributed by atoms with Gasteiger partial charge in [0.1, 0.15) is 6.04 Å². The average molecular weight is 279 g/mol. The Hall–Kier alpha value is -2.57. The van der Waals surface area contributed by atoms with Crippen molar-refractivity contribution in [2.45, 2.75) is 12.5 Å². The van der Waals surface area contributed by atoms with E-state index in [0.29, 0.717) is 0 Å². The molecule has 3 amide bonds. The SMILES string of the molecule is CNC(=O)CNC(=O)N[C@@H](Cc1ccccc1)C(=O)O. The van der Waals surface area contributed by atoms with Crippen molar-refractivity contribution in [3.63, 3.8) is 0 Å². The molecule has 1 rings (SSSR count). The van der Waals surface area contributed by atoms with E-state index in [0.717, 1.165) is 5.56 Å². The van der Waals surface area contributed by atoms with E-state index < -0.39 is 18.0 Å². The normalized spacial score (nSPS) is 11.2. The number of amides is 3. The highest BCUT2D eigenvalue weighted by Crippen LogP contribution is 2.03. The summed E-state index contributed by atoms with van der Waals surface area (Å²) in [6.45, 7) is -0.208. The predicted molar refractivity (Wildman–Crippen MR) is 72.2 cm³/mol. The summed E-state index contributed by atoms with van der Waals surface area (Å²) in [6.07, 6.45) is 0.170.